The van der Waals surface area contributed by atoms with Crippen LogP contribution in [0, 0.1) is 0 Å². The summed E-state index contributed by atoms with van der Waals surface area (Å²) < 4.78 is 39.4. The van der Waals surface area contributed by atoms with Gasteiger partial charge in [0.05, 0.1) is 6.42 Å². The van der Waals surface area contributed by atoms with Crippen LogP contribution in [-0.4, -0.2) is 23.4 Å². The first kappa shape index (κ1) is 11.3. The Hall–Kier alpha value is -1.85. The van der Waals surface area contributed by atoms with Gasteiger partial charge in [0.25, 0.3) is 0 Å². The minimum absolute atomic E-state index is 0.200. The largest absolute Gasteiger partial charge is 0.419 e. The fraction of sp³-hybridized carbons (Fsp3) is 0.333. The number of fused-ring (bicyclic) bond motifs is 3. The third kappa shape index (κ3) is 1.10. The van der Waals surface area contributed by atoms with E-state index >= 15 is 0 Å². The van der Waals surface area contributed by atoms with Crippen LogP contribution in [0.25, 0.3) is 0 Å². The van der Waals surface area contributed by atoms with Crippen molar-refractivity contribution in [1.82, 2.24) is 0 Å². The molecule has 0 radical (unpaired) electrons. The van der Waals surface area contributed by atoms with Gasteiger partial charge in [0.15, 0.2) is 5.78 Å². The number of anilines is 1. The molecule has 0 spiro atoms. The number of carbonyl (C=O) groups is 2. The first-order valence-electron chi connectivity index (χ1n) is 5.39. The molecule has 6 heteroatoms. The molecule has 0 aliphatic carbocycles. The van der Waals surface area contributed by atoms with Crippen LogP contribution in [0.5, 0.6) is 0 Å². The van der Waals surface area contributed by atoms with Crippen molar-refractivity contribution in [3.63, 3.8) is 0 Å². The summed E-state index contributed by atoms with van der Waals surface area (Å²) in [5, 5.41) is 0. The number of benzene rings is 1. The van der Waals surface area contributed by atoms with Crippen LogP contribution < -0.4 is 4.90 Å². The van der Waals surface area contributed by atoms with Crippen molar-refractivity contribution < 1.29 is 22.8 Å². The molecule has 94 valence electrons. The fourth-order valence-corrected chi connectivity index (χ4v) is 2.64. The number of amides is 1. The molecule has 0 bridgehead atoms. The number of para-hydroxylation sites is 1. The molecule has 1 amide bonds. The summed E-state index contributed by atoms with van der Waals surface area (Å²) in [5.74, 6) is -1.61. The highest BCUT2D eigenvalue weighted by atomic mass is 19.4. The number of carbonyl (C=O) groups excluding carboxylic acids is 2. The lowest BCUT2D eigenvalue weighted by molar-refractivity contribution is -0.206. The highest BCUT2D eigenvalue weighted by Crippen LogP contribution is 2.52. The first-order chi connectivity index (χ1) is 8.38. The lowest BCUT2D eigenvalue weighted by Gasteiger charge is -2.53. The summed E-state index contributed by atoms with van der Waals surface area (Å²) in [4.78, 5) is 23.9. The normalized spacial score (nSPS) is 26.5. The molecular formula is C12H8F3NO2. The van der Waals surface area contributed by atoms with Gasteiger partial charge in [-0.15, -0.1) is 0 Å². The summed E-state index contributed by atoms with van der Waals surface area (Å²) in [6.07, 6.45) is -5.78. The van der Waals surface area contributed by atoms with Crippen molar-refractivity contribution in [1.29, 1.82) is 0 Å². The van der Waals surface area contributed by atoms with E-state index < -0.39 is 29.8 Å². The zero-order chi connectivity index (χ0) is 13.1. The van der Waals surface area contributed by atoms with Crippen LogP contribution in [0.3, 0.4) is 0 Å². The fourth-order valence-electron chi connectivity index (χ4n) is 2.64. The van der Waals surface area contributed by atoms with Gasteiger partial charge in [0.2, 0.25) is 11.4 Å². The molecule has 1 fully saturated rings. The van der Waals surface area contributed by atoms with Crippen LogP contribution in [-0.2, 0) is 16.0 Å². The van der Waals surface area contributed by atoms with E-state index in [9.17, 15) is 22.8 Å². The van der Waals surface area contributed by atoms with Gasteiger partial charge in [-0.2, -0.15) is 13.2 Å². The van der Waals surface area contributed by atoms with Crippen LogP contribution in [0.2, 0.25) is 0 Å². The Morgan fingerprint density at radius 3 is 2.44 bits per heavy atom. The summed E-state index contributed by atoms with van der Waals surface area (Å²) in [6.45, 7) is 0. The molecule has 0 saturated carbocycles. The second kappa shape index (κ2) is 3.13. The van der Waals surface area contributed by atoms with Crippen molar-refractivity contribution in [2.24, 2.45) is 0 Å². The van der Waals surface area contributed by atoms with E-state index in [-0.39, 0.29) is 12.1 Å². The molecule has 1 unspecified atom stereocenters. The molecule has 18 heavy (non-hydrogen) atoms. The Balaban J connectivity index is 2.21. The molecule has 2 heterocycles. The van der Waals surface area contributed by atoms with E-state index in [2.05, 4.69) is 0 Å². The second-order valence-corrected chi connectivity index (χ2v) is 4.49. The Labute approximate surface area is 100 Å². The summed E-state index contributed by atoms with van der Waals surface area (Å²) >= 11 is 0. The number of hydrogen-bond acceptors (Lipinski definition) is 2. The predicted molar refractivity (Wildman–Crippen MR) is 56.0 cm³/mol. The van der Waals surface area contributed by atoms with Gasteiger partial charge < -0.3 is 0 Å². The minimum atomic E-state index is -4.73. The van der Waals surface area contributed by atoms with E-state index in [0.717, 1.165) is 0 Å². The van der Waals surface area contributed by atoms with Crippen molar-refractivity contribution in [2.75, 3.05) is 4.90 Å². The topological polar surface area (TPSA) is 37.4 Å². The molecule has 3 nitrogen and oxygen atoms in total. The third-order valence-electron chi connectivity index (χ3n) is 3.55. The van der Waals surface area contributed by atoms with Gasteiger partial charge >= 0.3 is 6.18 Å². The number of rotatable bonds is 0. The Morgan fingerprint density at radius 2 is 1.83 bits per heavy atom. The number of β-lactam (4-membered cyclic amide) rings is 1. The molecule has 0 aromatic heterocycles. The quantitative estimate of drug-likeness (QED) is 0.663. The number of ketones is 1. The van der Waals surface area contributed by atoms with Crippen molar-refractivity contribution in [3.8, 4) is 0 Å². The van der Waals surface area contributed by atoms with Crippen molar-refractivity contribution in [2.45, 2.75) is 24.6 Å². The Bertz CT molecular complexity index is 567. The van der Waals surface area contributed by atoms with Gasteiger partial charge in [-0.1, -0.05) is 18.2 Å². The standard InChI is InChI=1S/C12H8F3NO2/c13-12(14,15)11-6-10(18)16(11)8-4-2-1-3-7(8)5-9(11)17/h1-4H,5-6H2. The number of hydrogen-bond donors (Lipinski definition) is 0. The maximum Gasteiger partial charge on any atom is 0.419 e. The number of nitrogens with zero attached hydrogens (tertiary/aromatic N) is 1. The average molecular weight is 255 g/mol. The van der Waals surface area contributed by atoms with E-state index in [4.69, 9.17) is 0 Å². The Kier molecular flexibility index (Phi) is 1.95. The van der Waals surface area contributed by atoms with Crippen LogP contribution in [0.15, 0.2) is 24.3 Å². The molecule has 2 aliphatic heterocycles. The van der Waals surface area contributed by atoms with Crippen LogP contribution >= 0.6 is 0 Å². The maximum atomic E-state index is 13.1. The minimum Gasteiger partial charge on any atom is -0.296 e. The molecule has 0 N–H and O–H groups in total. The van der Waals surface area contributed by atoms with E-state index in [0.29, 0.717) is 10.5 Å². The average Bonchev–Trinajstić information content (AvgIpc) is 2.25. The maximum absolute atomic E-state index is 13.1. The zero-order valence-corrected chi connectivity index (χ0v) is 9.12. The van der Waals surface area contributed by atoms with Crippen molar-refractivity contribution >= 4 is 17.4 Å². The van der Waals surface area contributed by atoms with E-state index in [1.807, 2.05) is 0 Å². The SMILES string of the molecule is O=C1CC2(C(F)(F)F)C(=O)Cc3ccccc3N12. The molecule has 1 aromatic rings. The molecule has 2 aliphatic rings. The first-order valence-corrected chi connectivity index (χ1v) is 5.39. The van der Waals surface area contributed by atoms with Crippen LogP contribution in [0.4, 0.5) is 18.9 Å². The third-order valence-corrected chi connectivity index (χ3v) is 3.55. The highest BCUT2D eigenvalue weighted by molar-refractivity contribution is 6.17. The molecular weight excluding hydrogens is 247 g/mol. The summed E-state index contributed by atoms with van der Waals surface area (Å²) in [6, 6.07) is 6.21. The van der Waals surface area contributed by atoms with Gasteiger partial charge in [-0.3, -0.25) is 14.5 Å². The summed E-state index contributed by atoms with van der Waals surface area (Å²) in [5.41, 5.74) is -1.96. The zero-order valence-electron chi connectivity index (χ0n) is 9.12. The molecule has 1 atom stereocenters. The van der Waals surface area contributed by atoms with E-state index in [1.165, 1.54) is 6.07 Å². The lowest BCUT2D eigenvalue weighted by atomic mass is 9.73. The number of Topliss-reactive ketones (excluding diaryl/α,β-unsaturated/α-hetero) is 1. The lowest BCUT2D eigenvalue weighted by Crippen LogP contribution is -2.77. The smallest absolute Gasteiger partial charge is 0.296 e. The van der Waals surface area contributed by atoms with Gasteiger partial charge in [0, 0.05) is 12.1 Å². The Morgan fingerprint density at radius 1 is 1.17 bits per heavy atom. The summed E-state index contributed by atoms with van der Waals surface area (Å²) in [7, 11) is 0. The monoisotopic (exact) mass is 255 g/mol. The van der Waals surface area contributed by atoms with Crippen molar-refractivity contribution in [3.05, 3.63) is 29.8 Å². The van der Waals surface area contributed by atoms with E-state index in [1.54, 1.807) is 18.2 Å². The van der Waals surface area contributed by atoms with Crippen LogP contribution in [0.1, 0.15) is 12.0 Å². The van der Waals surface area contributed by atoms with Gasteiger partial charge in [0.1, 0.15) is 0 Å². The predicted octanol–water partition coefficient (Wildman–Crippen LogP) is 1.85. The van der Waals surface area contributed by atoms with Gasteiger partial charge in [-0.25, -0.2) is 0 Å². The molecule has 1 saturated heterocycles. The number of halogens is 3. The number of alkyl halides is 3. The second-order valence-electron chi connectivity index (χ2n) is 4.49. The van der Waals surface area contributed by atoms with Gasteiger partial charge in [-0.05, 0) is 11.6 Å². The molecule has 1 aromatic carbocycles. The molecule has 3 rings (SSSR count). The highest BCUT2D eigenvalue weighted by Gasteiger charge is 2.73.